The van der Waals surface area contributed by atoms with Crippen LogP contribution in [0.5, 0.6) is 0 Å². The van der Waals surface area contributed by atoms with Crippen LogP contribution in [0.1, 0.15) is 0 Å². The van der Waals surface area contributed by atoms with E-state index < -0.39 is 0 Å². The predicted molar refractivity (Wildman–Crippen MR) is 214 cm³/mol. The van der Waals surface area contributed by atoms with Crippen molar-refractivity contribution >= 4 is 70.5 Å². The summed E-state index contributed by atoms with van der Waals surface area (Å²) in [4.78, 5) is 8.43. The summed E-state index contributed by atoms with van der Waals surface area (Å²) >= 11 is 1.74. The van der Waals surface area contributed by atoms with Crippen LogP contribution in [0, 0.1) is 0 Å². The quantitative estimate of drug-likeness (QED) is 0.174. The number of thiophene rings is 1. The SMILES string of the molecule is c1ccc2c(c1)sc1nc(-c3ccc(N(c4ccc(-c5ccc6nnccc6c5)cc4)c4ccc(-c5ccc6nnccc6c5)cc4)cc3)ccc12. The fourth-order valence-corrected chi connectivity index (χ4v) is 8.01. The van der Waals surface area contributed by atoms with Crippen molar-refractivity contribution < 1.29 is 0 Å². The van der Waals surface area contributed by atoms with Crippen LogP contribution in [-0.4, -0.2) is 25.4 Å². The number of pyridine rings is 1. The lowest BCUT2D eigenvalue weighted by molar-refractivity contribution is 1.08. The van der Waals surface area contributed by atoms with Crippen LogP contribution in [-0.2, 0) is 0 Å². The first kappa shape index (κ1) is 30.0. The van der Waals surface area contributed by atoms with Crippen molar-refractivity contribution in [3.63, 3.8) is 0 Å². The van der Waals surface area contributed by atoms with Gasteiger partial charge in [-0.2, -0.15) is 20.4 Å². The Morgan fingerprint density at radius 1 is 0.423 bits per heavy atom. The average Bonchev–Trinajstić information content (AvgIpc) is 3.59. The fraction of sp³-hybridized carbons (Fsp3) is 0. The first-order chi connectivity index (χ1) is 25.7. The van der Waals surface area contributed by atoms with Crippen molar-refractivity contribution in [2.24, 2.45) is 0 Å². The number of fused-ring (bicyclic) bond motifs is 5. The van der Waals surface area contributed by atoms with Gasteiger partial charge in [0.1, 0.15) is 4.83 Å². The summed E-state index contributed by atoms with van der Waals surface area (Å²) in [6, 6.07) is 55.6. The standard InChI is InChI=1S/C45H28N6S/c1-2-4-44-39(3-1)40-19-22-41(48-45(40)52-44)31-9-17-38(18-10-31)51(36-13-5-29(6-14-36)32-11-20-42-34(27-32)23-25-46-49-42)37-15-7-30(8-16-37)33-12-21-43-35(28-33)24-26-47-50-43/h1-28H. The second-order valence-corrected chi connectivity index (χ2v) is 13.8. The molecule has 0 radical (unpaired) electrons. The molecule has 0 saturated carbocycles. The van der Waals surface area contributed by atoms with Gasteiger partial charge in [-0.15, -0.1) is 11.3 Å². The van der Waals surface area contributed by atoms with Gasteiger partial charge >= 0.3 is 0 Å². The van der Waals surface area contributed by atoms with Crippen molar-refractivity contribution in [3.8, 4) is 33.5 Å². The summed E-state index contributed by atoms with van der Waals surface area (Å²) in [7, 11) is 0. The average molecular weight is 685 g/mol. The van der Waals surface area contributed by atoms with E-state index in [4.69, 9.17) is 4.98 Å². The van der Waals surface area contributed by atoms with E-state index in [1.807, 2.05) is 24.3 Å². The molecule has 0 N–H and O–H groups in total. The van der Waals surface area contributed by atoms with Crippen LogP contribution in [0.3, 0.4) is 0 Å². The predicted octanol–water partition coefficient (Wildman–Crippen LogP) is 11.8. The molecule has 0 aliphatic rings. The summed E-state index contributed by atoms with van der Waals surface area (Å²) in [6.07, 6.45) is 3.47. The normalized spacial score (nSPS) is 11.5. The molecule has 0 unspecified atom stereocenters. The number of anilines is 3. The van der Waals surface area contributed by atoms with E-state index in [1.165, 1.54) is 15.5 Å². The Kier molecular flexibility index (Phi) is 7.22. The lowest BCUT2D eigenvalue weighted by Crippen LogP contribution is -2.09. The highest BCUT2D eigenvalue weighted by Crippen LogP contribution is 2.39. The maximum Gasteiger partial charge on any atom is 0.125 e. The highest BCUT2D eigenvalue weighted by molar-refractivity contribution is 7.25. The summed E-state index contributed by atoms with van der Waals surface area (Å²) in [5, 5.41) is 21.1. The molecular weight excluding hydrogens is 657 g/mol. The molecule has 0 spiro atoms. The zero-order valence-corrected chi connectivity index (χ0v) is 28.6. The lowest BCUT2D eigenvalue weighted by atomic mass is 10.0. The molecule has 0 fully saturated rings. The maximum atomic E-state index is 5.08. The van der Waals surface area contributed by atoms with E-state index in [0.29, 0.717) is 0 Å². The second kappa shape index (κ2) is 12.5. The van der Waals surface area contributed by atoms with Crippen LogP contribution in [0.25, 0.3) is 75.6 Å². The first-order valence-corrected chi connectivity index (χ1v) is 17.9. The molecule has 4 heterocycles. The highest BCUT2D eigenvalue weighted by atomic mass is 32.1. The minimum absolute atomic E-state index is 0.886. The molecule has 0 amide bonds. The number of aromatic nitrogens is 5. The summed E-state index contributed by atoms with van der Waals surface area (Å²) in [5.41, 5.74) is 11.5. The van der Waals surface area contributed by atoms with Crippen molar-refractivity contribution in [2.45, 2.75) is 0 Å². The van der Waals surface area contributed by atoms with Gasteiger partial charge in [0.25, 0.3) is 0 Å². The van der Waals surface area contributed by atoms with Crippen molar-refractivity contribution in [3.05, 3.63) is 170 Å². The first-order valence-electron chi connectivity index (χ1n) is 17.1. The molecule has 6 nitrogen and oxygen atoms in total. The third-order valence-corrected chi connectivity index (χ3v) is 10.7. The Labute approximate surface area is 303 Å². The Hall–Kier alpha value is -6.83. The van der Waals surface area contributed by atoms with Gasteiger partial charge in [-0.05, 0) is 113 Å². The molecule has 0 aliphatic heterocycles. The monoisotopic (exact) mass is 684 g/mol. The van der Waals surface area contributed by atoms with E-state index in [0.717, 1.165) is 77.2 Å². The van der Waals surface area contributed by atoms with Gasteiger partial charge in [0.05, 0.1) is 29.1 Å². The Morgan fingerprint density at radius 3 is 1.52 bits per heavy atom. The van der Waals surface area contributed by atoms with Crippen molar-refractivity contribution in [1.82, 2.24) is 25.4 Å². The van der Waals surface area contributed by atoms with Crippen LogP contribution in [0.2, 0.25) is 0 Å². The van der Waals surface area contributed by atoms with Crippen LogP contribution >= 0.6 is 11.3 Å². The van der Waals surface area contributed by atoms with Crippen molar-refractivity contribution in [1.29, 1.82) is 0 Å². The van der Waals surface area contributed by atoms with Gasteiger partial charge in [-0.1, -0.05) is 66.7 Å². The number of hydrogen-bond acceptors (Lipinski definition) is 7. The number of hydrogen-bond donors (Lipinski definition) is 0. The third-order valence-electron chi connectivity index (χ3n) is 9.61. The van der Waals surface area contributed by atoms with Gasteiger partial charge in [-0.25, -0.2) is 4.98 Å². The minimum Gasteiger partial charge on any atom is -0.311 e. The van der Waals surface area contributed by atoms with E-state index >= 15 is 0 Å². The van der Waals surface area contributed by atoms with E-state index in [9.17, 15) is 0 Å². The molecule has 4 aromatic heterocycles. The third kappa shape index (κ3) is 5.41. The minimum atomic E-state index is 0.886. The Bertz CT molecular complexity index is 2780. The molecule has 0 atom stereocenters. The zero-order valence-electron chi connectivity index (χ0n) is 27.8. The summed E-state index contributed by atoms with van der Waals surface area (Å²) < 4.78 is 1.26. The molecule has 0 saturated heterocycles. The molecule has 10 rings (SSSR count). The Balaban J connectivity index is 1.02. The highest BCUT2D eigenvalue weighted by Gasteiger charge is 2.15. The molecule has 7 heteroatoms. The molecule has 0 bridgehead atoms. The second-order valence-electron chi connectivity index (χ2n) is 12.7. The fourth-order valence-electron chi connectivity index (χ4n) is 6.94. The number of rotatable bonds is 6. The molecule has 52 heavy (non-hydrogen) atoms. The molecule has 6 aromatic carbocycles. The van der Waals surface area contributed by atoms with Crippen molar-refractivity contribution in [2.75, 3.05) is 4.90 Å². The van der Waals surface area contributed by atoms with Crippen LogP contribution in [0.4, 0.5) is 17.1 Å². The van der Waals surface area contributed by atoms with E-state index in [-0.39, 0.29) is 0 Å². The summed E-state index contributed by atoms with van der Waals surface area (Å²) in [6.45, 7) is 0. The Morgan fingerprint density at radius 2 is 0.942 bits per heavy atom. The van der Waals surface area contributed by atoms with E-state index in [1.54, 1.807) is 23.7 Å². The lowest BCUT2D eigenvalue weighted by Gasteiger charge is -2.26. The summed E-state index contributed by atoms with van der Waals surface area (Å²) in [5.74, 6) is 0. The molecule has 10 aromatic rings. The number of benzene rings is 6. The molecular formula is C45H28N6S. The van der Waals surface area contributed by atoms with Gasteiger partial charge in [0, 0.05) is 48.9 Å². The molecule has 0 aliphatic carbocycles. The zero-order chi connectivity index (χ0) is 34.4. The topological polar surface area (TPSA) is 67.7 Å². The van der Waals surface area contributed by atoms with Crippen LogP contribution < -0.4 is 4.90 Å². The van der Waals surface area contributed by atoms with Gasteiger partial charge < -0.3 is 4.90 Å². The smallest absolute Gasteiger partial charge is 0.125 e. The van der Waals surface area contributed by atoms with Gasteiger partial charge in [0.15, 0.2) is 0 Å². The van der Waals surface area contributed by atoms with Crippen LogP contribution in [0.15, 0.2) is 170 Å². The van der Waals surface area contributed by atoms with E-state index in [2.05, 4.69) is 159 Å². The number of nitrogens with zero attached hydrogens (tertiary/aromatic N) is 6. The van der Waals surface area contributed by atoms with Gasteiger partial charge in [0.2, 0.25) is 0 Å². The maximum absolute atomic E-state index is 5.08. The molecule has 244 valence electrons. The largest absolute Gasteiger partial charge is 0.311 e. The van der Waals surface area contributed by atoms with Gasteiger partial charge in [-0.3, -0.25) is 0 Å².